The summed E-state index contributed by atoms with van der Waals surface area (Å²) in [7, 11) is 0. The minimum atomic E-state index is -4.71. The normalized spacial score (nSPS) is 12.8. The maximum absolute atomic E-state index is 11.9. The Morgan fingerprint density at radius 2 is 1.95 bits per heavy atom. The summed E-state index contributed by atoms with van der Waals surface area (Å²) in [4.78, 5) is 11.2. The molecule has 0 saturated carbocycles. The third-order valence-corrected chi connectivity index (χ3v) is 2.40. The molecule has 112 valence electrons. The smallest absolute Gasteiger partial charge is 0.406 e. The number of nitrogens with one attached hydrogen (secondary N) is 1. The highest BCUT2D eigenvalue weighted by Gasteiger charge is 2.30. The number of nitrogens with two attached hydrogens (primary N) is 1. The summed E-state index contributed by atoms with van der Waals surface area (Å²) in [6, 6.07) is 4.37. The fourth-order valence-corrected chi connectivity index (χ4v) is 1.40. The second-order valence-electron chi connectivity index (χ2n) is 4.02. The van der Waals surface area contributed by atoms with Crippen LogP contribution in [0.15, 0.2) is 24.3 Å². The van der Waals surface area contributed by atoms with Crippen molar-refractivity contribution in [3.8, 4) is 5.75 Å². The van der Waals surface area contributed by atoms with Crippen molar-refractivity contribution in [2.24, 2.45) is 5.73 Å². The molecule has 20 heavy (non-hydrogen) atoms. The van der Waals surface area contributed by atoms with E-state index in [-0.39, 0.29) is 12.3 Å². The van der Waals surface area contributed by atoms with E-state index in [1.807, 2.05) is 0 Å². The van der Waals surface area contributed by atoms with Crippen LogP contribution in [0, 0.1) is 0 Å². The Morgan fingerprint density at radius 3 is 2.45 bits per heavy atom. The molecule has 0 fully saturated rings. The topological polar surface area (TPSA) is 84.6 Å². The largest absolute Gasteiger partial charge is 0.573 e. The molecule has 1 atom stereocenters. The van der Waals surface area contributed by atoms with Crippen LogP contribution in [0.3, 0.4) is 0 Å². The van der Waals surface area contributed by atoms with E-state index in [0.717, 1.165) is 5.56 Å². The monoisotopic (exact) mass is 292 g/mol. The first-order valence-corrected chi connectivity index (χ1v) is 5.80. The molecule has 0 bridgehead atoms. The number of aliphatic hydroxyl groups excluding tert-OH is 1. The standard InChI is InChI=1S/C12H15F3N2O3/c13-12(14,15)20-9-3-1-8(2-4-9)5-6-17-11(19)10(16)7-18/h1-4,10,18H,5-7,16H2,(H,17,19). The van der Waals surface area contributed by atoms with Gasteiger partial charge < -0.3 is 20.9 Å². The second kappa shape index (κ2) is 7.11. The Labute approximate surface area is 113 Å². The van der Waals surface area contributed by atoms with Crippen LogP contribution in [0.25, 0.3) is 0 Å². The van der Waals surface area contributed by atoms with E-state index in [1.165, 1.54) is 24.3 Å². The molecule has 1 rings (SSSR count). The minimum Gasteiger partial charge on any atom is -0.406 e. The number of carbonyl (C=O) groups excluding carboxylic acids is 1. The van der Waals surface area contributed by atoms with E-state index in [0.29, 0.717) is 6.42 Å². The lowest BCUT2D eigenvalue weighted by Crippen LogP contribution is -2.43. The summed E-state index contributed by atoms with van der Waals surface area (Å²) < 4.78 is 39.6. The van der Waals surface area contributed by atoms with Crippen LogP contribution >= 0.6 is 0 Å². The Hall–Kier alpha value is -1.80. The molecular formula is C12H15F3N2O3. The molecule has 8 heteroatoms. The molecule has 4 N–H and O–H groups in total. The molecule has 0 aliphatic carbocycles. The van der Waals surface area contributed by atoms with E-state index in [2.05, 4.69) is 10.1 Å². The van der Waals surface area contributed by atoms with Crippen LogP contribution < -0.4 is 15.8 Å². The maximum Gasteiger partial charge on any atom is 0.573 e. The summed E-state index contributed by atoms with van der Waals surface area (Å²) in [6.07, 6.45) is -4.29. The Morgan fingerprint density at radius 1 is 1.35 bits per heavy atom. The third kappa shape index (κ3) is 5.89. The van der Waals surface area contributed by atoms with Crippen molar-refractivity contribution in [2.75, 3.05) is 13.2 Å². The number of hydrogen-bond acceptors (Lipinski definition) is 4. The zero-order valence-electron chi connectivity index (χ0n) is 10.5. The number of carbonyl (C=O) groups is 1. The molecule has 0 radical (unpaired) electrons. The zero-order chi connectivity index (χ0) is 15.2. The van der Waals surface area contributed by atoms with E-state index in [4.69, 9.17) is 10.8 Å². The van der Waals surface area contributed by atoms with Crippen molar-refractivity contribution in [1.29, 1.82) is 0 Å². The van der Waals surface area contributed by atoms with Crippen LogP contribution in [-0.4, -0.2) is 36.6 Å². The summed E-state index contributed by atoms with van der Waals surface area (Å²) in [6.45, 7) is -0.179. The average molecular weight is 292 g/mol. The molecule has 1 amide bonds. The first kappa shape index (κ1) is 16.3. The van der Waals surface area contributed by atoms with Gasteiger partial charge in [-0.25, -0.2) is 0 Å². The molecule has 0 spiro atoms. The first-order chi connectivity index (χ1) is 9.31. The number of halogens is 3. The summed E-state index contributed by atoms with van der Waals surface area (Å²) in [5.41, 5.74) is 6.02. The molecular weight excluding hydrogens is 277 g/mol. The van der Waals surface area contributed by atoms with E-state index < -0.39 is 24.9 Å². The van der Waals surface area contributed by atoms with Crippen molar-refractivity contribution >= 4 is 5.91 Å². The van der Waals surface area contributed by atoms with Crippen LogP contribution in [0.2, 0.25) is 0 Å². The summed E-state index contributed by atoms with van der Waals surface area (Å²) in [5.74, 6) is -0.780. The van der Waals surface area contributed by atoms with Crippen molar-refractivity contribution < 1.29 is 27.8 Å². The predicted octanol–water partition coefficient (Wildman–Crippen LogP) is 0.564. The van der Waals surface area contributed by atoms with E-state index >= 15 is 0 Å². The second-order valence-corrected chi connectivity index (χ2v) is 4.02. The maximum atomic E-state index is 11.9. The fourth-order valence-electron chi connectivity index (χ4n) is 1.40. The molecule has 5 nitrogen and oxygen atoms in total. The Kier molecular flexibility index (Phi) is 5.78. The third-order valence-electron chi connectivity index (χ3n) is 2.40. The highest BCUT2D eigenvalue weighted by molar-refractivity contribution is 5.81. The van der Waals surface area contributed by atoms with Crippen LogP contribution in [0.5, 0.6) is 5.75 Å². The minimum absolute atomic E-state index is 0.270. The van der Waals surface area contributed by atoms with Gasteiger partial charge in [0, 0.05) is 6.54 Å². The van der Waals surface area contributed by atoms with Crippen molar-refractivity contribution in [1.82, 2.24) is 5.32 Å². The van der Waals surface area contributed by atoms with Gasteiger partial charge in [0.2, 0.25) is 5.91 Å². The molecule has 0 aromatic heterocycles. The number of aliphatic hydroxyl groups is 1. The van der Waals surface area contributed by atoms with Gasteiger partial charge in [-0.05, 0) is 24.1 Å². The van der Waals surface area contributed by atoms with Gasteiger partial charge in [-0.3, -0.25) is 4.79 Å². The van der Waals surface area contributed by atoms with Crippen molar-refractivity contribution in [3.63, 3.8) is 0 Å². The number of rotatable bonds is 6. The lowest BCUT2D eigenvalue weighted by molar-refractivity contribution is -0.274. The van der Waals surface area contributed by atoms with Crippen LogP contribution in [0.4, 0.5) is 13.2 Å². The highest BCUT2D eigenvalue weighted by Crippen LogP contribution is 2.22. The van der Waals surface area contributed by atoms with Gasteiger partial charge in [-0.2, -0.15) is 0 Å². The molecule has 0 aliphatic rings. The lowest BCUT2D eigenvalue weighted by atomic mass is 10.1. The number of hydrogen-bond donors (Lipinski definition) is 3. The molecule has 1 unspecified atom stereocenters. The van der Waals surface area contributed by atoms with Crippen molar-refractivity contribution in [3.05, 3.63) is 29.8 Å². The predicted molar refractivity (Wildman–Crippen MR) is 64.9 cm³/mol. The zero-order valence-corrected chi connectivity index (χ0v) is 10.5. The quantitative estimate of drug-likeness (QED) is 0.715. The number of benzene rings is 1. The van der Waals surface area contributed by atoms with E-state index in [1.54, 1.807) is 0 Å². The number of amides is 1. The van der Waals surface area contributed by atoms with Gasteiger partial charge in [0.25, 0.3) is 0 Å². The molecule has 1 aromatic carbocycles. The van der Waals surface area contributed by atoms with Gasteiger partial charge in [0.05, 0.1) is 6.61 Å². The Balaban J connectivity index is 2.41. The first-order valence-electron chi connectivity index (χ1n) is 5.80. The number of alkyl halides is 3. The fraction of sp³-hybridized carbons (Fsp3) is 0.417. The van der Waals surface area contributed by atoms with Gasteiger partial charge in [0.1, 0.15) is 11.8 Å². The van der Waals surface area contributed by atoms with Gasteiger partial charge in [0.15, 0.2) is 0 Å². The highest BCUT2D eigenvalue weighted by atomic mass is 19.4. The van der Waals surface area contributed by atoms with Crippen LogP contribution in [-0.2, 0) is 11.2 Å². The Bertz CT molecular complexity index is 435. The van der Waals surface area contributed by atoms with Crippen LogP contribution in [0.1, 0.15) is 5.56 Å². The van der Waals surface area contributed by atoms with Crippen molar-refractivity contribution in [2.45, 2.75) is 18.8 Å². The summed E-state index contributed by atoms with van der Waals surface area (Å²) >= 11 is 0. The molecule has 0 heterocycles. The SMILES string of the molecule is NC(CO)C(=O)NCCc1ccc(OC(F)(F)F)cc1. The average Bonchev–Trinajstić information content (AvgIpc) is 2.38. The number of ether oxygens (including phenoxy) is 1. The van der Waals surface area contributed by atoms with E-state index in [9.17, 15) is 18.0 Å². The van der Waals surface area contributed by atoms with Gasteiger partial charge >= 0.3 is 6.36 Å². The molecule has 1 aromatic rings. The molecule has 0 aliphatic heterocycles. The summed E-state index contributed by atoms with van der Waals surface area (Å²) in [5, 5.41) is 11.2. The van der Waals surface area contributed by atoms with Gasteiger partial charge in [-0.1, -0.05) is 12.1 Å². The van der Waals surface area contributed by atoms with Gasteiger partial charge in [-0.15, -0.1) is 13.2 Å². The molecule has 0 saturated heterocycles. The lowest BCUT2D eigenvalue weighted by Gasteiger charge is -2.10.